The van der Waals surface area contributed by atoms with Gasteiger partial charge in [0.25, 0.3) is 10.0 Å². The predicted molar refractivity (Wildman–Crippen MR) is 151 cm³/mol. The van der Waals surface area contributed by atoms with Crippen molar-refractivity contribution in [3.05, 3.63) is 100 Å². The van der Waals surface area contributed by atoms with Gasteiger partial charge in [-0.15, -0.1) is 0 Å². The van der Waals surface area contributed by atoms with Gasteiger partial charge in [0.2, 0.25) is 16.0 Å². The predicted octanol–water partition coefficient (Wildman–Crippen LogP) is 3.81. The second-order valence-corrected chi connectivity index (χ2v) is 12.9. The van der Waals surface area contributed by atoms with Gasteiger partial charge in [0.05, 0.1) is 28.9 Å². The Hall–Kier alpha value is -2.96. The molecule has 4 rings (SSSR count). The summed E-state index contributed by atoms with van der Waals surface area (Å²) in [6.45, 7) is 1.77. The number of hydrazone groups is 1. The summed E-state index contributed by atoms with van der Waals surface area (Å²) in [6, 6.07) is 21.5. The number of aliphatic imine (C=N–C) groups is 1. The molecule has 3 aromatic rings. The summed E-state index contributed by atoms with van der Waals surface area (Å²) in [5, 5.41) is 12.3. The summed E-state index contributed by atoms with van der Waals surface area (Å²) in [4.78, 5) is 4.33. The highest BCUT2D eigenvalue weighted by Gasteiger charge is 2.33. The van der Waals surface area contributed by atoms with Crippen LogP contribution in [0.1, 0.15) is 24.0 Å². The van der Waals surface area contributed by atoms with Crippen LogP contribution in [0, 0.1) is 0 Å². The van der Waals surface area contributed by atoms with E-state index in [0.29, 0.717) is 15.8 Å². The number of nitrogens with two attached hydrogens (primary N) is 1. The van der Waals surface area contributed by atoms with E-state index in [0.717, 1.165) is 11.1 Å². The Bertz CT molecular complexity index is 1560. The molecule has 3 N–H and O–H groups in total. The largest absolute Gasteiger partial charge is 0.264 e. The number of hydrogen-bond donors (Lipinski definition) is 2. The van der Waals surface area contributed by atoms with Gasteiger partial charge in [0, 0.05) is 16.0 Å². The molecule has 38 heavy (non-hydrogen) atoms. The van der Waals surface area contributed by atoms with E-state index in [1.807, 2.05) is 42.5 Å². The molecule has 1 aliphatic heterocycles. The molecule has 200 valence electrons. The van der Waals surface area contributed by atoms with E-state index in [1.165, 1.54) is 36.2 Å². The van der Waals surface area contributed by atoms with E-state index in [2.05, 4.69) is 9.71 Å². The van der Waals surface area contributed by atoms with E-state index in [1.54, 1.807) is 12.1 Å². The smallest absolute Gasteiger partial charge is 0.248 e. The normalized spacial score (nSPS) is 17.3. The average molecular weight is 595 g/mol. The number of nitrogens with zero attached hydrogens (tertiary/aromatic N) is 3. The number of rotatable bonds is 7. The number of primary sulfonamides is 1. The molecule has 0 unspecified atom stereocenters. The van der Waals surface area contributed by atoms with Crippen LogP contribution in [-0.2, 0) is 20.0 Å². The lowest BCUT2D eigenvalue weighted by molar-refractivity contribution is 0.458. The van der Waals surface area contributed by atoms with Crippen molar-refractivity contribution in [2.75, 3.05) is 12.3 Å². The zero-order chi connectivity index (χ0) is 27.5. The molecule has 0 aromatic heterocycles. The fourth-order valence-electron chi connectivity index (χ4n) is 3.98. The van der Waals surface area contributed by atoms with Crippen molar-refractivity contribution in [1.29, 1.82) is 0 Å². The zero-order valence-corrected chi connectivity index (χ0v) is 23.3. The van der Waals surface area contributed by atoms with Crippen LogP contribution >= 0.6 is 23.2 Å². The van der Waals surface area contributed by atoms with Crippen molar-refractivity contribution in [2.45, 2.75) is 23.8 Å². The van der Waals surface area contributed by atoms with Gasteiger partial charge in [-0.1, -0.05) is 65.7 Å². The van der Waals surface area contributed by atoms with Crippen molar-refractivity contribution in [2.24, 2.45) is 15.2 Å². The summed E-state index contributed by atoms with van der Waals surface area (Å²) in [5.41, 5.74) is 2.43. The minimum Gasteiger partial charge on any atom is -0.248 e. The highest BCUT2D eigenvalue weighted by Crippen LogP contribution is 2.30. The molecule has 13 heteroatoms. The number of nitrogens with one attached hydrogen (secondary N) is 1. The molecule has 0 bridgehead atoms. The fourth-order valence-corrected chi connectivity index (χ4v) is 5.99. The van der Waals surface area contributed by atoms with Crippen LogP contribution in [0.4, 0.5) is 0 Å². The van der Waals surface area contributed by atoms with Gasteiger partial charge < -0.3 is 0 Å². The first kappa shape index (κ1) is 28.1. The van der Waals surface area contributed by atoms with Gasteiger partial charge in [-0.3, -0.25) is 0 Å². The third-order valence-electron chi connectivity index (χ3n) is 5.67. The van der Waals surface area contributed by atoms with Gasteiger partial charge in [-0.05, 0) is 54.4 Å². The SMILES string of the molecule is C[C@@H](CS(N)(=O)=O)N=C(NS(=O)(=O)c1ccc(Cl)cc1)N1C[C@H](c2ccccc2)C(c2ccc(Cl)cc2)=N1. The molecular weight excluding hydrogens is 569 g/mol. The van der Waals surface area contributed by atoms with E-state index in [9.17, 15) is 16.8 Å². The van der Waals surface area contributed by atoms with E-state index < -0.39 is 31.8 Å². The standard InChI is InChI=1S/C25H25Cl2N5O4S2/c1-17(16-37(28,33)34)29-25(31-38(35,36)22-13-11-21(27)12-14-22)32-15-23(18-5-3-2-4-6-18)24(30-32)19-7-9-20(26)10-8-19/h2-14,17,23H,15-16H2,1H3,(H,29,31)(H2,28,33,34)/t17-,23+/m0/s1. The minimum atomic E-state index is -4.12. The summed E-state index contributed by atoms with van der Waals surface area (Å²) in [6.07, 6.45) is 0. The van der Waals surface area contributed by atoms with Crippen molar-refractivity contribution in [3.8, 4) is 0 Å². The quantitative estimate of drug-likeness (QED) is 0.317. The molecular formula is C25H25Cl2N5O4S2. The van der Waals surface area contributed by atoms with Gasteiger partial charge in [0.1, 0.15) is 0 Å². The first-order valence-electron chi connectivity index (χ1n) is 11.4. The maximum absolute atomic E-state index is 13.3. The molecule has 9 nitrogen and oxygen atoms in total. The highest BCUT2D eigenvalue weighted by molar-refractivity contribution is 7.90. The Labute approximate surface area is 232 Å². The molecule has 0 fully saturated rings. The Kier molecular flexibility index (Phi) is 8.43. The van der Waals surface area contributed by atoms with Crippen molar-refractivity contribution in [3.63, 3.8) is 0 Å². The molecule has 0 radical (unpaired) electrons. The zero-order valence-electron chi connectivity index (χ0n) is 20.2. The fraction of sp³-hybridized carbons (Fsp3) is 0.200. The summed E-state index contributed by atoms with van der Waals surface area (Å²) in [7, 11) is -7.99. The van der Waals surface area contributed by atoms with E-state index in [-0.39, 0.29) is 23.3 Å². The minimum absolute atomic E-state index is 0.0468. The van der Waals surface area contributed by atoms with Gasteiger partial charge in [-0.2, -0.15) is 5.10 Å². The molecule has 2 atom stereocenters. The lowest BCUT2D eigenvalue weighted by Gasteiger charge is -2.21. The first-order chi connectivity index (χ1) is 17.9. The van der Waals surface area contributed by atoms with Crippen LogP contribution in [0.2, 0.25) is 10.0 Å². The van der Waals surface area contributed by atoms with Crippen LogP contribution in [0.3, 0.4) is 0 Å². The van der Waals surface area contributed by atoms with E-state index in [4.69, 9.17) is 33.4 Å². The van der Waals surface area contributed by atoms with Crippen LogP contribution in [0.5, 0.6) is 0 Å². The third-order valence-corrected chi connectivity index (χ3v) is 8.46. The monoisotopic (exact) mass is 593 g/mol. The highest BCUT2D eigenvalue weighted by atomic mass is 35.5. The third kappa shape index (κ3) is 7.12. The Morgan fingerprint density at radius 2 is 1.58 bits per heavy atom. The summed E-state index contributed by atoms with van der Waals surface area (Å²) >= 11 is 12.0. The lowest BCUT2D eigenvalue weighted by Crippen LogP contribution is -2.42. The van der Waals surface area contributed by atoms with Crippen molar-refractivity contribution >= 4 is 54.9 Å². The maximum atomic E-state index is 13.3. The van der Waals surface area contributed by atoms with Crippen LogP contribution < -0.4 is 9.86 Å². The Morgan fingerprint density at radius 3 is 2.16 bits per heavy atom. The first-order valence-corrected chi connectivity index (χ1v) is 15.4. The van der Waals surface area contributed by atoms with Crippen LogP contribution in [0.25, 0.3) is 0 Å². The number of benzene rings is 3. The van der Waals surface area contributed by atoms with Crippen molar-refractivity contribution < 1.29 is 16.8 Å². The topological polar surface area (TPSA) is 134 Å². The summed E-state index contributed by atoms with van der Waals surface area (Å²) in [5.74, 6) is -0.861. The number of sulfonamides is 2. The molecule has 1 aliphatic rings. The second kappa shape index (κ2) is 11.4. The van der Waals surface area contributed by atoms with Crippen LogP contribution in [0.15, 0.2) is 93.9 Å². The number of hydrogen-bond acceptors (Lipinski definition) is 6. The molecule has 0 amide bonds. The van der Waals surface area contributed by atoms with Crippen LogP contribution in [-0.4, -0.2) is 51.9 Å². The van der Waals surface area contributed by atoms with Crippen molar-refractivity contribution in [1.82, 2.24) is 9.73 Å². The molecule has 3 aromatic carbocycles. The molecule has 1 heterocycles. The maximum Gasteiger partial charge on any atom is 0.264 e. The van der Waals surface area contributed by atoms with Gasteiger partial charge in [-0.25, -0.2) is 36.7 Å². The average Bonchev–Trinajstić information content (AvgIpc) is 3.29. The lowest BCUT2D eigenvalue weighted by atomic mass is 9.91. The Balaban J connectivity index is 1.77. The molecule has 0 aliphatic carbocycles. The van der Waals surface area contributed by atoms with Gasteiger partial charge in [0.15, 0.2) is 0 Å². The van der Waals surface area contributed by atoms with E-state index >= 15 is 0 Å². The molecule has 0 spiro atoms. The molecule has 0 saturated heterocycles. The second-order valence-electron chi connectivity index (χ2n) is 8.73. The molecule has 0 saturated carbocycles. The number of guanidine groups is 1. The number of halogens is 2. The van der Waals surface area contributed by atoms with Gasteiger partial charge >= 0.3 is 0 Å². The summed E-state index contributed by atoms with van der Waals surface area (Å²) < 4.78 is 52.4. The Morgan fingerprint density at radius 1 is 1.00 bits per heavy atom.